The van der Waals surface area contributed by atoms with Gasteiger partial charge in [0.1, 0.15) is 5.01 Å². The maximum Gasteiger partial charge on any atom is 0.226 e. The first-order chi connectivity index (χ1) is 8.29. The van der Waals surface area contributed by atoms with E-state index in [-0.39, 0.29) is 5.91 Å². The van der Waals surface area contributed by atoms with Crippen LogP contribution in [-0.4, -0.2) is 17.4 Å². The Balaban J connectivity index is 1.97. The maximum atomic E-state index is 11.5. The van der Waals surface area contributed by atoms with Crippen LogP contribution in [0.3, 0.4) is 0 Å². The highest BCUT2D eigenvalue weighted by Crippen LogP contribution is 2.25. The summed E-state index contributed by atoms with van der Waals surface area (Å²) in [6, 6.07) is 2.05. The third kappa shape index (κ3) is 3.38. The van der Waals surface area contributed by atoms with Gasteiger partial charge in [-0.1, -0.05) is 6.92 Å². The number of nitrogens with one attached hydrogen (secondary N) is 1. The fourth-order valence-electron chi connectivity index (χ4n) is 1.40. The van der Waals surface area contributed by atoms with Gasteiger partial charge in [0, 0.05) is 22.9 Å². The van der Waals surface area contributed by atoms with Gasteiger partial charge in [-0.25, -0.2) is 4.98 Å². The van der Waals surface area contributed by atoms with Crippen molar-refractivity contribution in [2.24, 2.45) is 0 Å². The molecule has 0 saturated carbocycles. The zero-order valence-corrected chi connectivity index (χ0v) is 11.2. The van der Waals surface area contributed by atoms with Crippen molar-refractivity contribution >= 4 is 28.6 Å². The molecule has 1 amide bonds. The summed E-state index contributed by atoms with van der Waals surface area (Å²) >= 11 is 3.24. The molecule has 0 unspecified atom stereocenters. The number of rotatable bonds is 5. The van der Waals surface area contributed by atoms with E-state index in [4.69, 9.17) is 0 Å². The van der Waals surface area contributed by atoms with E-state index in [1.54, 1.807) is 22.7 Å². The second-order valence-corrected chi connectivity index (χ2v) is 5.32. The van der Waals surface area contributed by atoms with E-state index in [0.717, 1.165) is 29.2 Å². The molecule has 1 N–H and O–H groups in total. The molecule has 90 valence electrons. The van der Waals surface area contributed by atoms with Crippen molar-refractivity contribution in [3.8, 4) is 10.6 Å². The Morgan fingerprint density at radius 1 is 1.47 bits per heavy atom. The molecule has 0 aliphatic heterocycles. The van der Waals surface area contributed by atoms with Gasteiger partial charge in [0.25, 0.3) is 0 Å². The second kappa shape index (κ2) is 5.93. The van der Waals surface area contributed by atoms with Crippen LogP contribution in [-0.2, 0) is 11.2 Å². The van der Waals surface area contributed by atoms with Gasteiger partial charge in [0.15, 0.2) is 0 Å². The fourth-order valence-corrected chi connectivity index (χ4v) is 2.93. The normalized spacial score (nSPS) is 10.4. The zero-order valence-electron chi connectivity index (χ0n) is 9.60. The maximum absolute atomic E-state index is 11.5. The van der Waals surface area contributed by atoms with Gasteiger partial charge in [0.05, 0.1) is 12.1 Å². The molecule has 2 heterocycles. The minimum absolute atomic E-state index is 0.0500. The number of carbonyl (C=O) groups is 1. The van der Waals surface area contributed by atoms with Gasteiger partial charge < -0.3 is 5.32 Å². The lowest BCUT2D eigenvalue weighted by Crippen LogP contribution is -2.25. The van der Waals surface area contributed by atoms with Crippen LogP contribution >= 0.6 is 22.7 Å². The number of carbonyl (C=O) groups excluding carboxylic acids is 1. The minimum atomic E-state index is 0.0500. The molecule has 5 heteroatoms. The van der Waals surface area contributed by atoms with Crippen LogP contribution in [0.1, 0.15) is 19.0 Å². The Labute approximate surface area is 109 Å². The molecule has 0 fully saturated rings. The molecular weight excluding hydrogens is 252 g/mol. The first kappa shape index (κ1) is 12.3. The van der Waals surface area contributed by atoms with Gasteiger partial charge in [-0.15, -0.1) is 11.3 Å². The monoisotopic (exact) mass is 266 g/mol. The Hall–Kier alpha value is -1.20. The molecule has 0 spiro atoms. The van der Waals surface area contributed by atoms with Gasteiger partial charge >= 0.3 is 0 Å². The highest BCUT2D eigenvalue weighted by Gasteiger charge is 2.08. The SMILES string of the molecule is CCCNC(=O)Cc1csc(-c2ccsc2)n1. The largest absolute Gasteiger partial charge is 0.356 e. The first-order valence-electron chi connectivity index (χ1n) is 5.53. The van der Waals surface area contributed by atoms with E-state index >= 15 is 0 Å². The summed E-state index contributed by atoms with van der Waals surface area (Å²) in [5.74, 6) is 0.0500. The average Bonchev–Trinajstić information content (AvgIpc) is 2.95. The van der Waals surface area contributed by atoms with Crippen LogP contribution in [0.15, 0.2) is 22.2 Å². The smallest absolute Gasteiger partial charge is 0.226 e. The molecule has 0 radical (unpaired) electrons. The number of hydrogen-bond acceptors (Lipinski definition) is 4. The van der Waals surface area contributed by atoms with E-state index in [0.29, 0.717) is 6.42 Å². The Bertz CT molecular complexity index is 476. The van der Waals surface area contributed by atoms with Gasteiger partial charge in [-0.3, -0.25) is 4.79 Å². The average molecular weight is 266 g/mol. The van der Waals surface area contributed by atoms with Crippen LogP contribution in [0.4, 0.5) is 0 Å². The Morgan fingerprint density at radius 2 is 2.35 bits per heavy atom. The van der Waals surface area contributed by atoms with E-state index in [2.05, 4.69) is 15.7 Å². The summed E-state index contributed by atoms with van der Waals surface area (Å²) < 4.78 is 0. The molecule has 3 nitrogen and oxygen atoms in total. The van der Waals surface area contributed by atoms with Crippen molar-refractivity contribution in [3.05, 3.63) is 27.9 Å². The van der Waals surface area contributed by atoms with Crippen LogP contribution in [0.25, 0.3) is 10.6 Å². The molecule has 0 aliphatic carbocycles. The number of thiazole rings is 1. The molecule has 2 rings (SSSR count). The van der Waals surface area contributed by atoms with E-state index in [1.807, 2.05) is 23.8 Å². The first-order valence-corrected chi connectivity index (χ1v) is 7.35. The highest BCUT2D eigenvalue weighted by molar-refractivity contribution is 7.14. The van der Waals surface area contributed by atoms with Crippen molar-refractivity contribution in [1.82, 2.24) is 10.3 Å². The van der Waals surface area contributed by atoms with Crippen molar-refractivity contribution < 1.29 is 4.79 Å². The van der Waals surface area contributed by atoms with Crippen LogP contribution in [0.5, 0.6) is 0 Å². The van der Waals surface area contributed by atoms with E-state index in [1.165, 1.54) is 0 Å². The van der Waals surface area contributed by atoms with Crippen LogP contribution in [0.2, 0.25) is 0 Å². The predicted molar refractivity (Wildman–Crippen MR) is 72.4 cm³/mol. The highest BCUT2D eigenvalue weighted by atomic mass is 32.1. The van der Waals surface area contributed by atoms with Crippen molar-refractivity contribution in [1.29, 1.82) is 0 Å². The van der Waals surface area contributed by atoms with Gasteiger partial charge in [0.2, 0.25) is 5.91 Å². The number of nitrogens with zero attached hydrogens (tertiary/aromatic N) is 1. The second-order valence-electron chi connectivity index (χ2n) is 3.68. The summed E-state index contributed by atoms with van der Waals surface area (Å²) in [7, 11) is 0. The lowest BCUT2D eigenvalue weighted by atomic mass is 10.3. The quantitative estimate of drug-likeness (QED) is 0.904. The molecule has 0 bridgehead atoms. The zero-order chi connectivity index (χ0) is 12.1. The summed E-state index contributed by atoms with van der Waals surface area (Å²) in [6.45, 7) is 2.78. The lowest BCUT2D eigenvalue weighted by molar-refractivity contribution is -0.120. The summed E-state index contributed by atoms with van der Waals surface area (Å²) in [6.07, 6.45) is 1.34. The molecular formula is C12H14N2OS2. The van der Waals surface area contributed by atoms with Crippen molar-refractivity contribution in [2.75, 3.05) is 6.54 Å². The number of hydrogen-bond donors (Lipinski definition) is 1. The van der Waals surface area contributed by atoms with Crippen molar-refractivity contribution in [3.63, 3.8) is 0 Å². The van der Waals surface area contributed by atoms with Gasteiger partial charge in [-0.05, 0) is 17.9 Å². The molecule has 0 aliphatic rings. The van der Waals surface area contributed by atoms with E-state index in [9.17, 15) is 4.79 Å². The third-order valence-corrected chi connectivity index (χ3v) is 3.86. The summed E-state index contributed by atoms with van der Waals surface area (Å²) in [5, 5.41) is 9.90. The number of thiophene rings is 1. The predicted octanol–water partition coefficient (Wildman–Crippen LogP) is 2.94. The molecule has 17 heavy (non-hydrogen) atoms. The summed E-state index contributed by atoms with van der Waals surface area (Å²) in [5.41, 5.74) is 1.99. The lowest BCUT2D eigenvalue weighted by Gasteiger charge is -2.00. The standard InChI is InChI=1S/C12H14N2OS2/c1-2-4-13-11(15)6-10-8-17-12(14-10)9-3-5-16-7-9/h3,5,7-8H,2,4,6H2,1H3,(H,13,15). The van der Waals surface area contributed by atoms with Gasteiger partial charge in [-0.2, -0.15) is 11.3 Å². The van der Waals surface area contributed by atoms with E-state index < -0.39 is 0 Å². The topological polar surface area (TPSA) is 42.0 Å². The molecule has 2 aromatic rings. The van der Waals surface area contributed by atoms with Crippen LogP contribution in [0, 0.1) is 0 Å². The third-order valence-electron chi connectivity index (χ3n) is 2.23. The molecule has 0 saturated heterocycles. The molecule has 2 aromatic heterocycles. The Morgan fingerprint density at radius 3 is 3.06 bits per heavy atom. The van der Waals surface area contributed by atoms with Crippen LogP contribution < -0.4 is 5.32 Å². The summed E-state index contributed by atoms with van der Waals surface area (Å²) in [4.78, 5) is 16.0. The minimum Gasteiger partial charge on any atom is -0.356 e. The Kier molecular flexibility index (Phi) is 4.28. The molecule has 0 aromatic carbocycles. The fraction of sp³-hybridized carbons (Fsp3) is 0.333. The number of amides is 1. The van der Waals surface area contributed by atoms with Crippen molar-refractivity contribution in [2.45, 2.75) is 19.8 Å². The molecule has 0 atom stereocenters. The number of aromatic nitrogens is 1.